The Morgan fingerprint density at radius 1 is 1.47 bits per heavy atom. The second-order valence-electron chi connectivity index (χ2n) is 4.48. The maximum atomic E-state index is 12.2. The van der Waals surface area contributed by atoms with E-state index in [0.717, 1.165) is 0 Å². The van der Waals surface area contributed by atoms with Crippen LogP contribution >= 0.6 is 0 Å². The number of aromatic nitrogens is 1. The third-order valence-corrected chi connectivity index (χ3v) is 3.26. The molecule has 1 amide bonds. The minimum atomic E-state index is -0.979. The zero-order valence-corrected chi connectivity index (χ0v) is 11.4. The highest BCUT2D eigenvalue weighted by Crippen LogP contribution is 2.11. The fourth-order valence-electron chi connectivity index (χ4n) is 1.75. The number of hydrogen-bond donors (Lipinski definition) is 3. The Morgan fingerprint density at radius 2 is 2.16 bits per heavy atom. The summed E-state index contributed by atoms with van der Waals surface area (Å²) in [6.45, 7) is 2.28. The summed E-state index contributed by atoms with van der Waals surface area (Å²) in [6.07, 6.45) is 2.24. The van der Waals surface area contributed by atoms with Crippen LogP contribution in [0.15, 0.2) is 18.3 Å². The van der Waals surface area contributed by atoms with Crippen molar-refractivity contribution in [2.45, 2.75) is 25.4 Å². The third-order valence-electron chi connectivity index (χ3n) is 3.26. The van der Waals surface area contributed by atoms with Gasteiger partial charge >= 0.3 is 0 Å². The number of aliphatic hydroxyl groups is 2. The first-order chi connectivity index (χ1) is 9.12. The average Bonchev–Trinajstić information content (AvgIpc) is 2.91. The van der Waals surface area contributed by atoms with Crippen LogP contribution in [0.25, 0.3) is 0 Å². The minimum absolute atomic E-state index is 0.301. The molecule has 3 N–H and O–H groups in total. The van der Waals surface area contributed by atoms with Gasteiger partial charge in [0.1, 0.15) is 5.69 Å². The minimum Gasteiger partial charge on any atom is -0.394 e. The maximum Gasteiger partial charge on any atom is 0.268 e. The van der Waals surface area contributed by atoms with E-state index in [-0.39, 0.29) is 19.1 Å². The van der Waals surface area contributed by atoms with E-state index in [1.165, 1.54) is 0 Å². The van der Waals surface area contributed by atoms with E-state index in [9.17, 15) is 15.0 Å². The molecule has 0 saturated heterocycles. The van der Waals surface area contributed by atoms with Gasteiger partial charge in [0.25, 0.3) is 5.91 Å². The number of nitrogens with zero attached hydrogens (tertiary/aromatic N) is 1. The quantitative estimate of drug-likeness (QED) is 0.621. The lowest BCUT2D eigenvalue weighted by Gasteiger charge is -2.29. The topological polar surface area (TPSA) is 83.7 Å². The first kappa shape index (κ1) is 15.7. The lowest BCUT2D eigenvalue weighted by atomic mass is 9.98. The first-order valence-corrected chi connectivity index (χ1v) is 6.30. The Bertz CT molecular complexity index is 391. The van der Waals surface area contributed by atoms with E-state index in [0.29, 0.717) is 25.3 Å². The van der Waals surface area contributed by atoms with Gasteiger partial charge in [-0.25, -0.2) is 0 Å². The predicted molar refractivity (Wildman–Crippen MR) is 71.0 cm³/mol. The Balaban J connectivity index is 2.80. The van der Waals surface area contributed by atoms with Gasteiger partial charge in [0, 0.05) is 19.9 Å². The Kier molecular flexibility index (Phi) is 6.01. The van der Waals surface area contributed by atoms with Gasteiger partial charge < -0.3 is 24.8 Å². The molecule has 1 rings (SSSR count). The van der Waals surface area contributed by atoms with Crippen LogP contribution in [0.3, 0.4) is 0 Å². The van der Waals surface area contributed by atoms with Gasteiger partial charge in [0.15, 0.2) is 0 Å². The summed E-state index contributed by atoms with van der Waals surface area (Å²) in [5, 5.41) is 21.4. The van der Waals surface area contributed by atoms with Crippen molar-refractivity contribution in [3.05, 3.63) is 24.0 Å². The fourth-order valence-corrected chi connectivity index (χ4v) is 1.75. The van der Waals surface area contributed by atoms with Crippen LogP contribution in [0.2, 0.25) is 0 Å². The van der Waals surface area contributed by atoms with Gasteiger partial charge in [-0.3, -0.25) is 4.79 Å². The van der Waals surface area contributed by atoms with E-state index in [2.05, 4.69) is 5.32 Å². The summed E-state index contributed by atoms with van der Waals surface area (Å²) < 4.78 is 6.75. The number of amides is 1. The van der Waals surface area contributed by atoms with Crippen LogP contribution < -0.4 is 5.32 Å². The van der Waals surface area contributed by atoms with Crippen molar-refractivity contribution in [1.29, 1.82) is 0 Å². The maximum absolute atomic E-state index is 12.2. The number of ether oxygens (including phenoxy) is 1. The van der Waals surface area contributed by atoms with Gasteiger partial charge in [-0.1, -0.05) is 6.92 Å². The molecule has 6 heteroatoms. The Labute approximate surface area is 113 Å². The van der Waals surface area contributed by atoms with Gasteiger partial charge in [-0.05, 0) is 18.6 Å². The van der Waals surface area contributed by atoms with Crippen molar-refractivity contribution >= 4 is 5.91 Å². The largest absolute Gasteiger partial charge is 0.394 e. The second kappa shape index (κ2) is 7.28. The van der Waals surface area contributed by atoms with E-state index < -0.39 is 5.54 Å². The number of aliphatic hydroxyl groups excluding tert-OH is 2. The molecule has 0 aromatic carbocycles. The molecule has 0 bridgehead atoms. The van der Waals surface area contributed by atoms with Gasteiger partial charge in [0.2, 0.25) is 0 Å². The summed E-state index contributed by atoms with van der Waals surface area (Å²) in [6, 6.07) is 3.47. The summed E-state index contributed by atoms with van der Waals surface area (Å²) in [5.41, 5.74) is -0.496. The van der Waals surface area contributed by atoms with Crippen LogP contribution in [0, 0.1) is 0 Å². The molecule has 108 valence electrons. The van der Waals surface area contributed by atoms with Gasteiger partial charge in [-0.2, -0.15) is 0 Å². The van der Waals surface area contributed by atoms with E-state index in [4.69, 9.17) is 4.74 Å². The van der Waals surface area contributed by atoms with E-state index >= 15 is 0 Å². The lowest BCUT2D eigenvalue weighted by Crippen LogP contribution is -2.54. The number of carbonyl (C=O) groups is 1. The van der Waals surface area contributed by atoms with E-state index in [1.807, 2.05) is 0 Å². The monoisotopic (exact) mass is 270 g/mol. The number of carbonyl (C=O) groups excluding carboxylic acids is 1. The van der Waals surface area contributed by atoms with Crippen molar-refractivity contribution in [2.24, 2.45) is 0 Å². The van der Waals surface area contributed by atoms with Crippen LogP contribution in [-0.4, -0.2) is 53.2 Å². The average molecular weight is 270 g/mol. The Hall–Kier alpha value is -1.37. The molecule has 0 aliphatic rings. The molecule has 0 aliphatic carbocycles. The number of nitrogens with one attached hydrogen (secondary N) is 1. The summed E-state index contributed by atoms with van der Waals surface area (Å²) in [5.74, 6) is -0.314. The molecular weight excluding hydrogens is 248 g/mol. The van der Waals surface area contributed by atoms with Crippen molar-refractivity contribution in [2.75, 3.05) is 26.9 Å². The van der Waals surface area contributed by atoms with Crippen LogP contribution in [-0.2, 0) is 11.3 Å². The number of rotatable bonds is 8. The zero-order chi connectivity index (χ0) is 14.3. The molecule has 0 atom stereocenters. The molecule has 0 spiro atoms. The first-order valence-electron chi connectivity index (χ1n) is 6.30. The molecule has 19 heavy (non-hydrogen) atoms. The molecule has 0 fully saturated rings. The standard InChI is InChI=1S/C13H22N2O4/c1-3-13(9-16,10-17)14-12(18)11-5-4-6-15(11)7-8-19-2/h4-6,16-17H,3,7-10H2,1-2H3,(H,14,18). The normalized spacial score (nSPS) is 11.6. The van der Waals surface area contributed by atoms with Crippen LogP contribution in [0.4, 0.5) is 0 Å². The highest BCUT2D eigenvalue weighted by atomic mass is 16.5. The molecule has 1 aromatic heterocycles. The summed E-state index contributed by atoms with van der Waals surface area (Å²) >= 11 is 0. The highest BCUT2D eigenvalue weighted by molar-refractivity contribution is 5.93. The van der Waals surface area contributed by atoms with Crippen LogP contribution in [0.5, 0.6) is 0 Å². The van der Waals surface area contributed by atoms with Crippen molar-refractivity contribution in [1.82, 2.24) is 9.88 Å². The Morgan fingerprint density at radius 3 is 2.68 bits per heavy atom. The number of hydrogen-bond acceptors (Lipinski definition) is 4. The SMILES string of the molecule is CCC(CO)(CO)NC(=O)c1cccn1CCOC. The molecule has 0 radical (unpaired) electrons. The zero-order valence-electron chi connectivity index (χ0n) is 11.4. The van der Waals surface area contributed by atoms with Crippen molar-refractivity contribution in [3.63, 3.8) is 0 Å². The molecule has 0 unspecified atom stereocenters. The molecule has 6 nitrogen and oxygen atoms in total. The molecule has 0 saturated carbocycles. The van der Waals surface area contributed by atoms with Gasteiger partial charge in [0.05, 0.1) is 25.4 Å². The third kappa shape index (κ3) is 3.79. The molecule has 1 aromatic rings. The summed E-state index contributed by atoms with van der Waals surface area (Å²) in [4.78, 5) is 12.2. The predicted octanol–water partition coefficient (Wildman–Crippen LogP) is -0.00230. The van der Waals surface area contributed by atoms with Crippen molar-refractivity contribution in [3.8, 4) is 0 Å². The lowest BCUT2D eigenvalue weighted by molar-refractivity contribution is 0.0644. The number of methoxy groups -OCH3 is 1. The van der Waals surface area contributed by atoms with E-state index in [1.54, 1.807) is 36.9 Å². The second-order valence-corrected chi connectivity index (χ2v) is 4.48. The van der Waals surface area contributed by atoms with Crippen LogP contribution in [0.1, 0.15) is 23.8 Å². The summed E-state index contributed by atoms with van der Waals surface area (Å²) in [7, 11) is 1.60. The molecule has 1 heterocycles. The van der Waals surface area contributed by atoms with Crippen molar-refractivity contribution < 1.29 is 19.7 Å². The fraction of sp³-hybridized carbons (Fsp3) is 0.615. The molecular formula is C13H22N2O4. The molecule has 0 aliphatic heterocycles. The highest BCUT2D eigenvalue weighted by Gasteiger charge is 2.29. The van der Waals surface area contributed by atoms with Gasteiger partial charge in [-0.15, -0.1) is 0 Å². The smallest absolute Gasteiger partial charge is 0.268 e.